The van der Waals surface area contributed by atoms with Crippen LogP contribution >= 0.6 is 0 Å². The molecule has 4 nitrogen and oxygen atoms in total. The van der Waals surface area contributed by atoms with E-state index in [2.05, 4.69) is 57.8 Å². The number of hydrogen-bond donors (Lipinski definition) is 1. The highest BCUT2D eigenvalue weighted by molar-refractivity contribution is 5.07. The summed E-state index contributed by atoms with van der Waals surface area (Å²) >= 11 is 0. The molecular formula is C15H29N3O. The molecular weight excluding hydrogens is 238 g/mol. The summed E-state index contributed by atoms with van der Waals surface area (Å²) in [6, 6.07) is 2.72. The molecule has 0 radical (unpaired) electrons. The van der Waals surface area contributed by atoms with E-state index in [1.54, 1.807) is 0 Å². The van der Waals surface area contributed by atoms with Crippen LogP contribution in [0.1, 0.15) is 48.5 Å². The lowest BCUT2D eigenvalue weighted by atomic mass is 9.95. The SMILES string of the molecule is CC(C)NC(C)(C#N)CN1CC(C)(C)OC(C)(C)C1. The van der Waals surface area contributed by atoms with E-state index in [4.69, 9.17) is 4.74 Å². The van der Waals surface area contributed by atoms with Crippen LogP contribution in [0.3, 0.4) is 0 Å². The van der Waals surface area contributed by atoms with Gasteiger partial charge in [0.05, 0.1) is 17.3 Å². The fraction of sp³-hybridized carbons (Fsp3) is 0.933. The predicted molar refractivity (Wildman–Crippen MR) is 78.0 cm³/mol. The summed E-state index contributed by atoms with van der Waals surface area (Å²) in [5, 5.41) is 12.8. The van der Waals surface area contributed by atoms with Crippen molar-refractivity contribution in [3.8, 4) is 6.07 Å². The zero-order valence-electron chi connectivity index (χ0n) is 13.5. The van der Waals surface area contributed by atoms with Crippen LogP contribution in [0.2, 0.25) is 0 Å². The van der Waals surface area contributed by atoms with E-state index in [1.165, 1.54) is 0 Å². The average molecular weight is 267 g/mol. The summed E-state index contributed by atoms with van der Waals surface area (Å²) in [7, 11) is 0. The minimum absolute atomic E-state index is 0.171. The van der Waals surface area contributed by atoms with Gasteiger partial charge in [0.15, 0.2) is 0 Å². The Morgan fingerprint density at radius 3 is 2.11 bits per heavy atom. The summed E-state index contributed by atoms with van der Waals surface area (Å²) < 4.78 is 6.08. The number of nitrogens with zero attached hydrogens (tertiary/aromatic N) is 2. The van der Waals surface area contributed by atoms with Gasteiger partial charge in [-0.25, -0.2) is 0 Å². The first kappa shape index (κ1) is 16.4. The van der Waals surface area contributed by atoms with Crippen molar-refractivity contribution in [2.24, 2.45) is 0 Å². The molecule has 1 aliphatic heterocycles. The Hall–Kier alpha value is -0.630. The van der Waals surface area contributed by atoms with Crippen LogP contribution in [0.15, 0.2) is 0 Å². The van der Waals surface area contributed by atoms with E-state index in [-0.39, 0.29) is 11.2 Å². The van der Waals surface area contributed by atoms with Crippen LogP contribution in [-0.4, -0.2) is 47.3 Å². The first-order chi connectivity index (χ1) is 8.47. The van der Waals surface area contributed by atoms with Crippen molar-refractivity contribution < 1.29 is 4.74 Å². The van der Waals surface area contributed by atoms with Crippen LogP contribution in [-0.2, 0) is 4.74 Å². The monoisotopic (exact) mass is 267 g/mol. The molecule has 1 atom stereocenters. The van der Waals surface area contributed by atoms with E-state index in [0.29, 0.717) is 6.04 Å². The van der Waals surface area contributed by atoms with E-state index in [0.717, 1.165) is 19.6 Å². The molecule has 0 aliphatic carbocycles. The van der Waals surface area contributed by atoms with Crippen molar-refractivity contribution in [3.05, 3.63) is 0 Å². The van der Waals surface area contributed by atoms with Crippen molar-refractivity contribution in [2.45, 2.75) is 71.2 Å². The molecule has 1 heterocycles. The van der Waals surface area contributed by atoms with Gasteiger partial charge in [0.25, 0.3) is 0 Å². The molecule has 0 spiro atoms. The van der Waals surface area contributed by atoms with Crippen molar-refractivity contribution in [1.29, 1.82) is 5.26 Å². The van der Waals surface area contributed by atoms with Crippen LogP contribution in [0.25, 0.3) is 0 Å². The molecule has 1 aliphatic rings. The van der Waals surface area contributed by atoms with Crippen LogP contribution < -0.4 is 5.32 Å². The first-order valence-corrected chi connectivity index (χ1v) is 7.08. The van der Waals surface area contributed by atoms with Crippen LogP contribution in [0, 0.1) is 11.3 Å². The van der Waals surface area contributed by atoms with Gasteiger partial charge in [0.2, 0.25) is 0 Å². The Morgan fingerprint density at radius 1 is 1.26 bits per heavy atom. The van der Waals surface area contributed by atoms with E-state index >= 15 is 0 Å². The maximum absolute atomic E-state index is 9.45. The van der Waals surface area contributed by atoms with Crippen LogP contribution in [0.5, 0.6) is 0 Å². The van der Waals surface area contributed by atoms with Gasteiger partial charge < -0.3 is 4.74 Å². The number of nitrogens with one attached hydrogen (secondary N) is 1. The Bertz CT molecular complexity index is 341. The smallest absolute Gasteiger partial charge is 0.116 e. The normalized spacial score (nSPS) is 25.8. The molecule has 0 saturated carbocycles. The van der Waals surface area contributed by atoms with Gasteiger partial charge in [-0.3, -0.25) is 10.2 Å². The molecule has 0 bridgehead atoms. The highest BCUT2D eigenvalue weighted by atomic mass is 16.5. The van der Waals surface area contributed by atoms with Crippen molar-refractivity contribution in [3.63, 3.8) is 0 Å². The molecule has 19 heavy (non-hydrogen) atoms. The predicted octanol–water partition coefficient (Wildman–Crippen LogP) is 2.16. The highest BCUT2D eigenvalue weighted by Gasteiger charge is 2.40. The fourth-order valence-corrected chi connectivity index (χ4v) is 3.25. The molecule has 1 N–H and O–H groups in total. The summed E-state index contributed by atoms with van der Waals surface area (Å²) in [4.78, 5) is 2.34. The minimum atomic E-state index is -0.516. The van der Waals surface area contributed by atoms with Crippen LogP contribution in [0.4, 0.5) is 0 Å². The summed E-state index contributed by atoms with van der Waals surface area (Å²) in [6.07, 6.45) is 0. The Labute approximate surface area is 118 Å². The first-order valence-electron chi connectivity index (χ1n) is 7.08. The van der Waals surface area contributed by atoms with Gasteiger partial charge >= 0.3 is 0 Å². The van der Waals surface area contributed by atoms with Crippen molar-refractivity contribution in [1.82, 2.24) is 10.2 Å². The molecule has 0 aromatic heterocycles. The second-order valence-corrected chi connectivity index (χ2v) is 7.51. The zero-order chi connectivity index (χ0) is 14.9. The van der Waals surface area contributed by atoms with E-state index in [9.17, 15) is 5.26 Å². The van der Waals surface area contributed by atoms with Gasteiger partial charge in [-0.1, -0.05) is 0 Å². The average Bonchev–Trinajstić information content (AvgIpc) is 2.10. The molecule has 0 amide bonds. The third-order valence-corrected chi connectivity index (χ3v) is 3.16. The van der Waals surface area contributed by atoms with E-state index < -0.39 is 5.54 Å². The lowest BCUT2D eigenvalue weighted by Gasteiger charge is -2.48. The maximum Gasteiger partial charge on any atom is 0.116 e. The lowest BCUT2D eigenvalue weighted by Crippen LogP contribution is -2.62. The van der Waals surface area contributed by atoms with E-state index in [1.807, 2.05) is 6.92 Å². The van der Waals surface area contributed by atoms with Gasteiger partial charge in [-0.05, 0) is 48.5 Å². The third-order valence-electron chi connectivity index (χ3n) is 3.16. The Morgan fingerprint density at radius 2 is 1.74 bits per heavy atom. The zero-order valence-corrected chi connectivity index (χ0v) is 13.5. The minimum Gasteiger partial charge on any atom is -0.367 e. The molecule has 4 heteroatoms. The van der Waals surface area contributed by atoms with Gasteiger partial charge in [0.1, 0.15) is 5.54 Å². The Kier molecular flexibility index (Phi) is 4.66. The van der Waals surface area contributed by atoms with Gasteiger partial charge in [-0.15, -0.1) is 0 Å². The standard InChI is InChI=1S/C15H29N3O/c1-12(2)17-15(7,8-16)11-18-9-13(3,4)19-14(5,6)10-18/h12,17H,9-11H2,1-7H3. The van der Waals surface area contributed by atoms with Crippen molar-refractivity contribution in [2.75, 3.05) is 19.6 Å². The molecule has 1 fully saturated rings. The lowest BCUT2D eigenvalue weighted by molar-refractivity contribution is -0.182. The molecule has 1 saturated heterocycles. The van der Waals surface area contributed by atoms with Gasteiger partial charge in [0, 0.05) is 25.7 Å². The molecule has 0 aromatic carbocycles. The number of hydrogen-bond acceptors (Lipinski definition) is 4. The summed E-state index contributed by atoms with van der Waals surface area (Å²) in [5.74, 6) is 0. The van der Waals surface area contributed by atoms with Gasteiger partial charge in [-0.2, -0.15) is 5.26 Å². The number of morpholine rings is 1. The quantitative estimate of drug-likeness (QED) is 0.848. The molecule has 1 unspecified atom stereocenters. The molecule has 110 valence electrons. The summed E-state index contributed by atoms with van der Waals surface area (Å²) in [6.45, 7) is 17.0. The fourth-order valence-electron chi connectivity index (χ4n) is 3.25. The highest BCUT2D eigenvalue weighted by Crippen LogP contribution is 2.28. The molecule has 1 rings (SSSR count). The number of ether oxygens (including phenoxy) is 1. The Balaban J connectivity index is 2.78. The third kappa shape index (κ3) is 5.10. The maximum atomic E-state index is 9.45. The number of rotatable bonds is 4. The summed E-state index contributed by atoms with van der Waals surface area (Å²) in [5.41, 5.74) is -0.858. The topological polar surface area (TPSA) is 48.3 Å². The second kappa shape index (κ2) is 5.40. The largest absolute Gasteiger partial charge is 0.367 e. The second-order valence-electron chi connectivity index (χ2n) is 7.51. The van der Waals surface area contributed by atoms with Crippen molar-refractivity contribution >= 4 is 0 Å². The number of nitriles is 1. The molecule has 0 aromatic rings.